The van der Waals surface area contributed by atoms with Gasteiger partial charge in [0.15, 0.2) is 0 Å². The van der Waals surface area contributed by atoms with Crippen LogP contribution in [0.25, 0.3) is 0 Å². The molecule has 1 unspecified atom stereocenters. The Morgan fingerprint density at radius 3 is 2.28 bits per heavy atom. The highest BCUT2D eigenvalue weighted by molar-refractivity contribution is 9.10. The largest absolute Gasteiger partial charge is 0.324 e. The molecule has 0 saturated heterocycles. The van der Waals surface area contributed by atoms with Crippen LogP contribution in [0, 0.1) is 5.82 Å². The minimum absolute atomic E-state index is 0.207. The molecule has 2 aromatic rings. The van der Waals surface area contributed by atoms with E-state index in [0.717, 1.165) is 14.5 Å². The molecule has 4 heteroatoms. The summed E-state index contributed by atoms with van der Waals surface area (Å²) < 4.78 is 15.5. The Morgan fingerprint density at radius 1 is 1.00 bits per heavy atom. The maximum Gasteiger partial charge on any atom is 0.126 e. The third kappa shape index (κ3) is 3.40. The van der Waals surface area contributed by atoms with E-state index in [-0.39, 0.29) is 11.9 Å². The number of halogens is 3. The van der Waals surface area contributed by atoms with Gasteiger partial charge < -0.3 is 5.73 Å². The van der Waals surface area contributed by atoms with E-state index in [1.807, 2.05) is 24.3 Å². The van der Waals surface area contributed by atoms with Gasteiger partial charge >= 0.3 is 0 Å². The molecule has 2 rings (SSSR count). The fourth-order valence-electron chi connectivity index (χ4n) is 1.76. The number of rotatable bonds is 3. The van der Waals surface area contributed by atoms with Crippen molar-refractivity contribution in [1.29, 1.82) is 0 Å². The van der Waals surface area contributed by atoms with Gasteiger partial charge in [-0.25, -0.2) is 4.39 Å². The third-order valence-electron chi connectivity index (χ3n) is 2.75. The topological polar surface area (TPSA) is 26.0 Å². The van der Waals surface area contributed by atoms with Crippen LogP contribution in [0.2, 0.25) is 0 Å². The molecule has 0 aliphatic carbocycles. The van der Waals surface area contributed by atoms with Crippen LogP contribution in [0.3, 0.4) is 0 Å². The SMILES string of the molecule is NC(Cc1cc(Br)ccc1F)c1ccc(Br)cc1. The molecule has 0 heterocycles. The van der Waals surface area contributed by atoms with E-state index in [1.54, 1.807) is 12.1 Å². The normalized spacial score (nSPS) is 12.4. The molecule has 0 radical (unpaired) electrons. The molecule has 1 nitrogen and oxygen atoms in total. The minimum Gasteiger partial charge on any atom is -0.324 e. The minimum atomic E-state index is -0.217. The summed E-state index contributed by atoms with van der Waals surface area (Å²) in [5.41, 5.74) is 7.72. The van der Waals surface area contributed by atoms with Crippen molar-refractivity contribution in [3.05, 3.63) is 68.4 Å². The van der Waals surface area contributed by atoms with E-state index in [1.165, 1.54) is 6.07 Å². The maximum atomic E-state index is 13.6. The molecular weight excluding hydrogens is 361 g/mol. The number of nitrogens with two attached hydrogens (primary N) is 1. The second kappa shape index (κ2) is 5.95. The lowest BCUT2D eigenvalue weighted by Crippen LogP contribution is -2.14. The van der Waals surface area contributed by atoms with Crippen molar-refractivity contribution in [2.45, 2.75) is 12.5 Å². The zero-order valence-corrected chi connectivity index (χ0v) is 12.7. The van der Waals surface area contributed by atoms with Gasteiger partial charge in [-0.05, 0) is 47.9 Å². The lowest BCUT2D eigenvalue weighted by Gasteiger charge is -2.13. The first kappa shape index (κ1) is 13.7. The van der Waals surface area contributed by atoms with Crippen LogP contribution in [0.4, 0.5) is 4.39 Å². The zero-order chi connectivity index (χ0) is 13.1. The van der Waals surface area contributed by atoms with Crippen LogP contribution in [0.1, 0.15) is 17.2 Å². The molecule has 2 N–H and O–H groups in total. The molecule has 0 bridgehead atoms. The summed E-state index contributed by atoms with van der Waals surface area (Å²) in [4.78, 5) is 0. The van der Waals surface area contributed by atoms with Gasteiger partial charge in [0.1, 0.15) is 5.82 Å². The van der Waals surface area contributed by atoms with E-state index in [9.17, 15) is 4.39 Å². The average molecular weight is 373 g/mol. The van der Waals surface area contributed by atoms with Crippen molar-refractivity contribution >= 4 is 31.9 Å². The van der Waals surface area contributed by atoms with Crippen LogP contribution in [-0.4, -0.2) is 0 Å². The monoisotopic (exact) mass is 371 g/mol. The van der Waals surface area contributed by atoms with Crippen LogP contribution in [0.15, 0.2) is 51.4 Å². The van der Waals surface area contributed by atoms with Crippen LogP contribution in [-0.2, 0) is 6.42 Å². The molecule has 18 heavy (non-hydrogen) atoms. The van der Waals surface area contributed by atoms with Gasteiger partial charge in [-0.3, -0.25) is 0 Å². The summed E-state index contributed by atoms with van der Waals surface area (Å²) in [5.74, 6) is -0.217. The van der Waals surface area contributed by atoms with Crippen molar-refractivity contribution in [3.63, 3.8) is 0 Å². The second-order valence-electron chi connectivity index (χ2n) is 4.10. The predicted octanol–water partition coefficient (Wildman–Crippen LogP) is 4.59. The van der Waals surface area contributed by atoms with E-state index in [0.29, 0.717) is 12.0 Å². The van der Waals surface area contributed by atoms with Crippen LogP contribution in [0.5, 0.6) is 0 Å². The first-order chi connectivity index (χ1) is 8.56. The molecule has 2 aromatic carbocycles. The zero-order valence-electron chi connectivity index (χ0n) is 9.54. The van der Waals surface area contributed by atoms with Gasteiger partial charge in [0.05, 0.1) is 0 Å². The van der Waals surface area contributed by atoms with Gasteiger partial charge in [-0.15, -0.1) is 0 Å². The second-order valence-corrected chi connectivity index (χ2v) is 5.93. The molecule has 0 aromatic heterocycles. The Kier molecular flexibility index (Phi) is 4.54. The summed E-state index contributed by atoms with van der Waals surface area (Å²) in [6, 6.07) is 12.5. The Labute approximate surface area is 122 Å². The standard InChI is InChI=1S/C14H12Br2FN/c15-11-3-1-9(2-4-11)14(18)8-10-7-12(16)5-6-13(10)17/h1-7,14H,8,18H2. The molecular formula is C14H12Br2FN. The number of hydrogen-bond acceptors (Lipinski definition) is 1. The molecule has 0 aliphatic heterocycles. The van der Waals surface area contributed by atoms with Gasteiger partial charge in [-0.1, -0.05) is 44.0 Å². The number of benzene rings is 2. The fourth-order valence-corrected chi connectivity index (χ4v) is 2.44. The quantitative estimate of drug-likeness (QED) is 0.837. The highest BCUT2D eigenvalue weighted by Crippen LogP contribution is 2.22. The first-order valence-corrected chi connectivity index (χ1v) is 7.10. The van der Waals surface area contributed by atoms with Crippen molar-refractivity contribution < 1.29 is 4.39 Å². The van der Waals surface area contributed by atoms with Crippen LogP contribution >= 0.6 is 31.9 Å². The maximum absolute atomic E-state index is 13.6. The van der Waals surface area contributed by atoms with Gasteiger partial charge in [0, 0.05) is 15.0 Å². The van der Waals surface area contributed by atoms with E-state index >= 15 is 0 Å². The highest BCUT2D eigenvalue weighted by atomic mass is 79.9. The molecule has 1 atom stereocenters. The third-order valence-corrected chi connectivity index (χ3v) is 3.77. The molecule has 0 amide bonds. The smallest absolute Gasteiger partial charge is 0.126 e. The lowest BCUT2D eigenvalue weighted by molar-refractivity contribution is 0.593. The van der Waals surface area contributed by atoms with Crippen molar-refractivity contribution in [2.24, 2.45) is 5.73 Å². The highest BCUT2D eigenvalue weighted by Gasteiger charge is 2.10. The lowest BCUT2D eigenvalue weighted by atomic mass is 9.99. The summed E-state index contributed by atoms with van der Waals surface area (Å²) >= 11 is 6.71. The van der Waals surface area contributed by atoms with Crippen molar-refractivity contribution in [2.75, 3.05) is 0 Å². The fraction of sp³-hybridized carbons (Fsp3) is 0.143. The van der Waals surface area contributed by atoms with Crippen LogP contribution < -0.4 is 5.73 Å². The average Bonchev–Trinajstić information content (AvgIpc) is 2.34. The molecule has 0 fully saturated rings. The Balaban J connectivity index is 2.18. The van der Waals surface area contributed by atoms with E-state index in [2.05, 4.69) is 31.9 Å². The Morgan fingerprint density at radius 2 is 1.61 bits per heavy atom. The molecule has 0 aliphatic rings. The first-order valence-electron chi connectivity index (χ1n) is 5.51. The van der Waals surface area contributed by atoms with E-state index < -0.39 is 0 Å². The predicted molar refractivity (Wildman–Crippen MR) is 78.9 cm³/mol. The van der Waals surface area contributed by atoms with Gasteiger partial charge in [0.25, 0.3) is 0 Å². The van der Waals surface area contributed by atoms with Crippen molar-refractivity contribution in [1.82, 2.24) is 0 Å². The Bertz CT molecular complexity index is 540. The van der Waals surface area contributed by atoms with Gasteiger partial charge in [-0.2, -0.15) is 0 Å². The Hall–Kier alpha value is -0.710. The number of hydrogen-bond donors (Lipinski definition) is 1. The summed E-state index contributed by atoms with van der Waals surface area (Å²) in [6.07, 6.45) is 0.479. The molecule has 94 valence electrons. The molecule has 0 saturated carbocycles. The molecule has 0 spiro atoms. The van der Waals surface area contributed by atoms with E-state index in [4.69, 9.17) is 5.73 Å². The summed E-state index contributed by atoms with van der Waals surface area (Å²) in [6.45, 7) is 0. The summed E-state index contributed by atoms with van der Waals surface area (Å²) in [5, 5.41) is 0. The van der Waals surface area contributed by atoms with Gasteiger partial charge in [0.2, 0.25) is 0 Å². The summed E-state index contributed by atoms with van der Waals surface area (Å²) in [7, 11) is 0. The van der Waals surface area contributed by atoms with Crippen molar-refractivity contribution in [3.8, 4) is 0 Å².